The molecule has 0 bridgehead atoms. The van der Waals surface area contributed by atoms with E-state index in [0.717, 1.165) is 35.5 Å². The second kappa shape index (κ2) is 7.85. The Morgan fingerprint density at radius 2 is 1.86 bits per heavy atom. The lowest BCUT2D eigenvalue weighted by molar-refractivity contribution is 0.0787. The van der Waals surface area contributed by atoms with Crippen molar-refractivity contribution in [3.63, 3.8) is 0 Å². The summed E-state index contributed by atoms with van der Waals surface area (Å²) in [5.74, 6) is 0.00467. The summed E-state index contributed by atoms with van der Waals surface area (Å²) in [7, 11) is 3.75. The fraction of sp³-hybridized carbons (Fsp3) is 0.435. The van der Waals surface area contributed by atoms with Gasteiger partial charge in [-0.2, -0.15) is 5.10 Å². The molecule has 29 heavy (non-hydrogen) atoms. The number of benzene rings is 1. The van der Waals surface area contributed by atoms with E-state index in [4.69, 9.17) is 0 Å². The number of anilines is 1. The van der Waals surface area contributed by atoms with Crippen LogP contribution in [0, 0.1) is 13.8 Å². The monoisotopic (exact) mass is 391 g/mol. The fourth-order valence-corrected chi connectivity index (χ4v) is 4.36. The molecule has 6 heteroatoms. The second-order valence-corrected chi connectivity index (χ2v) is 8.06. The Bertz CT molecular complexity index is 1050. The SMILES string of the molecule is Cc1cc(C(=O)N(C)Cc2ccccc2N2CCCCC2)c2c(C)nn(C)c2n1. The van der Waals surface area contributed by atoms with Gasteiger partial charge in [-0.3, -0.25) is 9.48 Å². The lowest BCUT2D eigenvalue weighted by Gasteiger charge is -2.31. The van der Waals surface area contributed by atoms with E-state index in [2.05, 4.69) is 39.2 Å². The van der Waals surface area contributed by atoms with Crippen LogP contribution in [0.4, 0.5) is 5.69 Å². The molecule has 3 aromatic rings. The third kappa shape index (κ3) is 3.71. The van der Waals surface area contributed by atoms with Crippen molar-refractivity contribution in [1.82, 2.24) is 19.7 Å². The number of rotatable bonds is 4. The highest BCUT2D eigenvalue weighted by Crippen LogP contribution is 2.27. The highest BCUT2D eigenvalue weighted by Gasteiger charge is 2.22. The van der Waals surface area contributed by atoms with Crippen LogP contribution < -0.4 is 4.90 Å². The standard InChI is InChI=1S/C23H29N5O/c1-16-14-19(21-17(2)25-27(4)22(21)24-16)23(29)26(3)15-18-10-6-7-11-20(18)28-12-8-5-9-13-28/h6-7,10-11,14H,5,8-9,12-13,15H2,1-4H3. The second-order valence-electron chi connectivity index (χ2n) is 8.06. The number of fused-ring (bicyclic) bond motifs is 1. The number of piperidine rings is 1. The molecule has 0 N–H and O–H groups in total. The molecule has 4 rings (SSSR count). The van der Waals surface area contributed by atoms with Gasteiger partial charge in [0, 0.05) is 45.1 Å². The highest BCUT2D eigenvalue weighted by atomic mass is 16.2. The number of aromatic nitrogens is 3. The third-order valence-corrected chi connectivity index (χ3v) is 5.77. The van der Waals surface area contributed by atoms with E-state index < -0.39 is 0 Å². The first-order valence-corrected chi connectivity index (χ1v) is 10.3. The number of carbonyl (C=O) groups excluding carboxylic acids is 1. The molecule has 152 valence electrons. The van der Waals surface area contributed by atoms with Gasteiger partial charge < -0.3 is 9.80 Å². The van der Waals surface area contributed by atoms with E-state index in [1.807, 2.05) is 38.9 Å². The molecule has 0 atom stereocenters. The van der Waals surface area contributed by atoms with Crippen LogP contribution in [0.25, 0.3) is 11.0 Å². The summed E-state index contributed by atoms with van der Waals surface area (Å²) in [5.41, 5.74) is 5.53. The van der Waals surface area contributed by atoms with Gasteiger partial charge in [-0.15, -0.1) is 0 Å². The molecular weight excluding hydrogens is 362 g/mol. The number of amides is 1. The topological polar surface area (TPSA) is 54.3 Å². The summed E-state index contributed by atoms with van der Waals surface area (Å²) in [6.07, 6.45) is 3.77. The van der Waals surface area contributed by atoms with Crippen LogP contribution in [0.2, 0.25) is 0 Å². The van der Waals surface area contributed by atoms with Crippen LogP contribution in [0.3, 0.4) is 0 Å². The van der Waals surface area contributed by atoms with Crippen LogP contribution in [0.1, 0.15) is 46.6 Å². The van der Waals surface area contributed by atoms with Gasteiger partial charge in [0.05, 0.1) is 16.6 Å². The first-order chi connectivity index (χ1) is 14.0. The van der Waals surface area contributed by atoms with Crippen molar-refractivity contribution < 1.29 is 4.79 Å². The summed E-state index contributed by atoms with van der Waals surface area (Å²) in [6.45, 7) is 6.61. The summed E-state index contributed by atoms with van der Waals surface area (Å²) in [4.78, 5) is 22.3. The lowest BCUT2D eigenvalue weighted by Crippen LogP contribution is -2.32. The lowest BCUT2D eigenvalue weighted by atomic mass is 10.1. The molecule has 0 spiro atoms. The Hall–Kier alpha value is -2.89. The van der Waals surface area contributed by atoms with Gasteiger partial charge >= 0.3 is 0 Å². The number of pyridine rings is 1. The van der Waals surface area contributed by atoms with E-state index in [-0.39, 0.29) is 5.91 Å². The normalized spacial score (nSPS) is 14.4. The molecule has 0 radical (unpaired) electrons. The minimum absolute atomic E-state index is 0.00467. The molecule has 1 amide bonds. The van der Waals surface area contributed by atoms with Crippen molar-refractivity contribution in [1.29, 1.82) is 0 Å². The highest BCUT2D eigenvalue weighted by molar-refractivity contribution is 6.06. The first-order valence-electron chi connectivity index (χ1n) is 10.3. The molecule has 6 nitrogen and oxygen atoms in total. The summed E-state index contributed by atoms with van der Waals surface area (Å²) >= 11 is 0. The maximum atomic E-state index is 13.4. The van der Waals surface area contributed by atoms with Gasteiger partial charge in [0.25, 0.3) is 5.91 Å². The zero-order chi connectivity index (χ0) is 20.5. The number of carbonyl (C=O) groups is 1. The van der Waals surface area contributed by atoms with Gasteiger partial charge in [-0.25, -0.2) is 4.98 Å². The predicted octanol–water partition coefficient (Wildman–Crippen LogP) is 3.85. The molecule has 1 saturated heterocycles. The van der Waals surface area contributed by atoms with Gasteiger partial charge in [0.15, 0.2) is 5.65 Å². The number of nitrogens with zero attached hydrogens (tertiary/aromatic N) is 5. The quantitative estimate of drug-likeness (QED) is 0.678. The van der Waals surface area contributed by atoms with Crippen LogP contribution >= 0.6 is 0 Å². The number of para-hydroxylation sites is 1. The summed E-state index contributed by atoms with van der Waals surface area (Å²) < 4.78 is 1.75. The van der Waals surface area contributed by atoms with Crippen molar-refractivity contribution in [2.75, 3.05) is 25.0 Å². The molecule has 1 aliphatic heterocycles. The van der Waals surface area contributed by atoms with Crippen LogP contribution in [0.15, 0.2) is 30.3 Å². The minimum atomic E-state index is 0.00467. The average Bonchev–Trinajstić information content (AvgIpc) is 3.01. The Kier molecular flexibility index (Phi) is 5.26. The summed E-state index contributed by atoms with van der Waals surface area (Å²) in [5, 5.41) is 5.32. The smallest absolute Gasteiger partial charge is 0.254 e. The maximum absolute atomic E-state index is 13.4. The van der Waals surface area contributed by atoms with E-state index in [1.165, 1.54) is 30.5 Å². The predicted molar refractivity (Wildman–Crippen MR) is 116 cm³/mol. The number of hydrogen-bond acceptors (Lipinski definition) is 4. The molecule has 0 aliphatic carbocycles. The van der Waals surface area contributed by atoms with E-state index in [9.17, 15) is 4.79 Å². The molecule has 0 unspecified atom stereocenters. The van der Waals surface area contributed by atoms with E-state index >= 15 is 0 Å². The third-order valence-electron chi connectivity index (χ3n) is 5.77. The largest absolute Gasteiger partial charge is 0.371 e. The fourth-order valence-electron chi connectivity index (χ4n) is 4.36. The van der Waals surface area contributed by atoms with E-state index in [1.54, 1.807) is 4.68 Å². The Balaban J connectivity index is 1.64. The molecule has 0 saturated carbocycles. The van der Waals surface area contributed by atoms with Gasteiger partial charge in [0.2, 0.25) is 0 Å². The zero-order valence-corrected chi connectivity index (χ0v) is 17.8. The van der Waals surface area contributed by atoms with Gasteiger partial charge in [-0.1, -0.05) is 18.2 Å². The van der Waals surface area contributed by atoms with Crippen molar-refractivity contribution in [3.8, 4) is 0 Å². The van der Waals surface area contributed by atoms with E-state index in [0.29, 0.717) is 12.1 Å². The Morgan fingerprint density at radius 1 is 1.14 bits per heavy atom. The van der Waals surface area contributed by atoms with Crippen molar-refractivity contribution in [3.05, 3.63) is 52.8 Å². The number of hydrogen-bond donors (Lipinski definition) is 0. The Labute approximate surface area is 172 Å². The van der Waals surface area contributed by atoms with Crippen molar-refractivity contribution in [2.24, 2.45) is 7.05 Å². The van der Waals surface area contributed by atoms with Crippen LogP contribution in [-0.2, 0) is 13.6 Å². The molecule has 2 aromatic heterocycles. The zero-order valence-electron chi connectivity index (χ0n) is 17.8. The summed E-state index contributed by atoms with van der Waals surface area (Å²) in [6, 6.07) is 10.3. The van der Waals surface area contributed by atoms with Gasteiger partial charge in [-0.05, 0) is 50.8 Å². The average molecular weight is 392 g/mol. The van der Waals surface area contributed by atoms with Crippen molar-refractivity contribution in [2.45, 2.75) is 39.7 Å². The first kappa shape index (κ1) is 19.4. The van der Waals surface area contributed by atoms with Gasteiger partial charge in [0.1, 0.15) is 0 Å². The Morgan fingerprint density at radius 3 is 2.62 bits per heavy atom. The number of aryl methyl sites for hydroxylation is 3. The molecule has 1 fully saturated rings. The molecular formula is C23H29N5O. The molecule has 3 heterocycles. The van der Waals surface area contributed by atoms with Crippen molar-refractivity contribution >= 4 is 22.6 Å². The van der Waals surface area contributed by atoms with Crippen LogP contribution in [0.5, 0.6) is 0 Å². The van der Waals surface area contributed by atoms with Crippen LogP contribution in [-0.4, -0.2) is 45.7 Å². The molecule has 1 aromatic carbocycles. The maximum Gasteiger partial charge on any atom is 0.254 e. The molecule has 1 aliphatic rings. The minimum Gasteiger partial charge on any atom is -0.371 e.